The van der Waals surface area contributed by atoms with Crippen molar-refractivity contribution in [1.82, 2.24) is 4.90 Å². The fourth-order valence-corrected chi connectivity index (χ4v) is 2.06. The molecule has 0 radical (unpaired) electrons. The third-order valence-corrected chi connectivity index (χ3v) is 3.47. The van der Waals surface area contributed by atoms with Crippen molar-refractivity contribution in [2.75, 3.05) is 18.8 Å². The molecule has 0 aromatic rings. The van der Waals surface area contributed by atoms with Crippen molar-refractivity contribution in [2.24, 2.45) is 0 Å². The number of piperidine rings is 1. The van der Waals surface area contributed by atoms with Gasteiger partial charge in [-0.3, -0.25) is 4.79 Å². The fourth-order valence-electron chi connectivity index (χ4n) is 1.28. The van der Waals surface area contributed by atoms with Crippen LogP contribution in [0.1, 0.15) is 12.8 Å². The second-order valence-corrected chi connectivity index (χ2v) is 5.26. The zero-order chi connectivity index (χ0) is 12.4. The summed E-state index contributed by atoms with van der Waals surface area (Å²) in [5.74, 6) is 0.384. The summed E-state index contributed by atoms with van der Waals surface area (Å²) < 4.78 is 0. The Hall–Kier alpha value is 1.14. The number of thioether (sulfide) groups is 1. The average Bonchev–Trinajstić information content (AvgIpc) is 2.28. The van der Waals surface area contributed by atoms with E-state index in [9.17, 15) is 4.79 Å². The van der Waals surface area contributed by atoms with Gasteiger partial charge in [0.2, 0.25) is 5.91 Å². The van der Waals surface area contributed by atoms with Gasteiger partial charge in [0.1, 0.15) is 5.40 Å². The van der Waals surface area contributed by atoms with Crippen molar-refractivity contribution in [2.45, 2.75) is 17.7 Å². The van der Waals surface area contributed by atoms with Gasteiger partial charge in [0, 0.05) is 17.9 Å². The minimum atomic E-state index is 0. The van der Waals surface area contributed by atoms with Gasteiger partial charge < -0.3 is 17.5 Å². The Kier molecular flexibility index (Phi) is 16.3. The molecule has 0 aromatic heterocycles. The van der Waals surface area contributed by atoms with Crippen LogP contribution in [0.5, 0.6) is 0 Å². The maximum atomic E-state index is 11.4. The Morgan fingerprint density at radius 2 is 1.94 bits per heavy atom. The van der Waals surface area contributed by atoms with Gasteiger partial charge in [-0.15, -0.1) is 0 Å². The quantitative estimate of drug-likeness (QED) is 0.262. The molecule has 1 fully saturated rings. The monoisotopic (exact) mass is 359 g/mol. The standard InChI is InChI=1S/C8H11BrN2OS.CHNS.K/c9-7-1-3-11(4-2-7)8(12)5-13-6-10;2-1-3;/h7H,1-5H2;3H;/q;;+1/p-1. The number of hydrogen-bond acceptors (Lipinski definition) is 5. The molecule has 1 rings (SSSR count). The average molecular weight is 360 g/mol. The summed E-state index contributed by atoms with van der Waals surface area (Å²) in [6, 6.07) is 0. The SMILES string of the molecule is N#CSCC(=O)N1CCC(Br)CC1.N#C[S-].[K+]. The number of halogens is 1. The van der Waals surface area contributed by atoms with Gasteiger partial charge >= 0.3 is 51.4 Å². The predicted octanol–water partition coefficient (Wildman–Crippen LogP) is -1.40. The number of thiocyanates is 2. The second kappa shape index (κ2) is 13.6. The van der Waals surface area contributed by atoms with Crippen LogP contribution in [0.25, 0.3) is 0 Å². The smallest absolute Gasteiger partial charge is 0.696 e. The van der Waals surface area contributed by atoms with E-state index in [1.54, 1.807) is 0 Å². The van der Waals surface area contributed by atoms with Gasteiger partial charge in [-0.25, -0.2) is 5.26 Å². The number of carbonyl (C=O) groups excluding carboxylic acids is 1. The molecule has 0 N–H and O–H groups in total. The molecule has 88 valence electrons. The van der Waals surface area contributed by atoms with Gasteiger partial charge in [-0.05, 0) is 24.6 Å². The van der Waals surface area contributed by atoms with Gasteiger partial charge in [0.05, 0.1) is 5.75 Å². The summed E-state index contributed by atoms with van der Waals surface area (Å²) in [6.45, 7) is 1.64. The van der Waals surface area contributed by atoms with Gasteiger partial charge in [-0.1, -0.05) is 21.3 Å². The Morgan fingerprint density at radius 1 is 1.47 bits per heavy atom. The summed E-state index contributed by atoms with van der Waals surface area (Å²) in [6.07, 6.45) is 2.03. The molecule has 0 aromatic carbocycles. The maximum Gasteiger partial charge on any atom is 1.00 e. The fraction of sp³-hybridized carbons (Fsp3) is 0.667. The summed E-state index contributed by atoms with van der Waals surface area (Å²) in [5, 5.41) is 18.7. The van der Waals surface area contributed by atoms with Crippen LogP contribution in [-0.2, 0) is 17.4 Å². The number of likely N-dealkylation sites (tertiary alicyclic amines) is 1. The molecule has 1 aliphatic rings. The Morgan fingerprint density at radius 3 is 2.35 bits per heavy atom. The molecule has 0 unspecified atom stereocenters. The van der Waals surface area contributed by atoms with Crippen molar-refractivity contribution >= 4 is 46.2 Å². The molecule has 17 heavy (non-hydrogen) atoms. The number of rotatable bonds is 2. The third kappa shape index (κ3) is 10.7. The number of hydrogen-bond donors (Lipinski definition) is 0. The first kappa shape index (κ1) is 20.5. The largest absolute Gasteiger partial charge is 1.00 e. The number of nitriles is 2. The van der Waals surface area contributed by atoms with Crippen molar-refractivity contribution < 1.29 is 56.2 Å². The molecular formula is C9H11BrKN3OS2. The van der Waals surface area contributed by atoms with E-state index in [1.165, 1.54) is 5.40 Å². The van der Waals surface area contributed by atoms with Crippen molar-refractivity contribution in [3.8, 4) is 10.8 Å². The van der Waals surface area contributed by atoms with Crippen LogP contribution in [0.4, 0.5) is 0 Å². The van der Waals surface area contributed by atoms with Crippen LogP contribution in [-0.4, -0.2) is 34.5 Å². The van der Waals surface area contributed by atoms with Gasteiger partial charge in [-0.2, -0.15) is 5.26 Å². The molecular weight excluding hydrogens is 349 g/mol. The Bertz CT molecular complexity index is 298. The molecule has 0 bridgehead atoms. The zero-order valence-electron chi connectivity index (χ0n) is 9.56. The molecule has 8 heteroatoms. The van der Waals surface area contributed by atoms with E-state index in [1.807, 2.05) is 10.3 Å². The summed E-state index contributed by atoms with van der Waals surface area (Å²) in [4.78, 5) is 13.8. The minimum absolute atomic E-state index is 0. The predicted molar refractivity (Wildman–Crippen MR) is 69.6 cm³/mol. The van der Waals surface area contributed by atoms with Crippen LogP contribution in [0.15, 0.2) is 0 Å². The minimum Gasteiger partial charge on any atom is -0.696 e. The van der Waals surface area contributed by atoms with E-state index < -0.39 is 0 Å². The summed E-state index contributed by atoms with van der Waals surface area (Å²) in [7, 11) is 0. The third-order valence-electron chi connectivity index (χ3n) is 2.04. The van der Waals surface area contributed by atoms with E-state index >= 15 is 0 Å². The van der Waals surface area contributed by atoms with Gasteiger partial charge in [0.25, 0.3) is 0 Å². The van der Waals surface area contributed by atoms with Crippen LogP contribution < -0.4 is 51.4 Å². The number of amides is 1. The second-order valence-electron chi connectivity index (χ2n) is 3.03. The van der Waals surface area contributed by atoms with E-state index in [-0.39, 0.29) is 57.3 Å². The van der Waals surface area contributed by atoms with Gasteiger partial charge in [0.15, 0.2) is 0 Å². The maximum absolute atomic E-state index is 11.4. The van der Waals surface area contributed by atoms with E-state index in [0.29, 0.717) is 10.6 Å². The first-order chi connectivity index (χ1) is 7.65. The first-order valence-electron chi connectivity index (χ1n) is 4.59. The number of nitrogens with zero attached hydrogens (tertiary/aromatic N) is 3. The molecule has 0 saturated carbocycles. The Balaban J connectivity index is 0. The van der Waals surface area contributed by atoms with Crippen molar-refractivity contribution in [1.29, 1.82) is 10.5 Å². The first-order valence-corrected chi connectivity index (χ1v) is 6.90. The van der Waals surface area contributed by atoms with Crippen LogP contribution in [0.2, 0.25) is 0 Å². The van der Waals surface area contributed by atoms with Crippen LogP contribution in [0.3, 0.4) is 0 Å². The molecule has 1 saturated heterocycles. The number of alkyl halides is 1. The van der Waals surface area contributed by atoms with Crippen LogP contribution in [0, 0.1) is 21.3 Å². The molecule has 0 spiro atoms. The summed E-state index contributed by atoms with van der Waals surface area (Å²) in [5.41, 5.74) is 0. The zero-order valence-corrected chi connectivity index (χ0v) is 15.9. The summed E-state index contributed by atoms with van der Waals surface area (Å²) >= 11 is 8.23. The van der Waals surface area contributed by atoms with E-state index in [0.717, 1.165) is 37.7 Å². The van der Waals surface area contributed by atoms with Crippen molar-refractivity contribution in [3.05, 3.63) is 0 Å². The molecule has 1 heterocycles. The van der Waals surface area contributed by atoms with Crippen molar-refractivity contribution in [3.63, 3.8) is 0 Å². The molecule has 1 aliphatic heterocycles. The molecule has 1 amide bonds. The normalized spacial score (nSPS) is 14.4. The van der Waals surface area contributed by atoms with E-state index in [4.69, 9.17) is 10.5 Å². The molecule has 0 aliphatic carbocycles. The van der Waals surface area contributed by atoms with E-state index in [2.05, 4.69) is 28.6 Å². The topological polar surface area (TPSA) is 67.9 Å². The molecule has 0 atom stereocenters. The Labute approximate surface area is 162 Å². The molecule has 4 nitrogen and oxygen atoms in total. The van der Waals surface area contributed by atoms with Crippen LogP contribution >= 0.6 is 27.7 Å². The number of carbonyl (C=O) groups is 1.